The molecule has 0 aliphatic heterocycles. The molecule has 0 bridgehead atoms. The van der Waals surface area contributed by atoms with Crippen LogP contribution in [0.1, 0.15) is 43.2 Å². The van der Waals surface area contributed by atoms with Gasteiger partial charge in [-0.1, -0.05) is 49.4 Å². The van der Waals surface area contributed by atoms with Crippen molar-refractivity contribution in [1.82, 2.24) is 0 Å². The summed E-state index contributed by atoms with van der Waals surface area (Å²) in [6, 6.07) is 8.58. The second kappa shape index (κ2) is 6.95. The molecular weight excluding hydrogens is 206 g/mol. The highest BCUT2D eigenvalue weighted by molar-refractivity contribution is 5.63. The molecule has 0 fully saturated rings. The Balaban J connectivity index is 2.25. The van der Waals surface area contributed by atoms with E-state index in [4.69, 9.17) is 5.73 Å². The molecule has 0 aliphatic rings. The number of benzene rings is 1. The van der Waals surface area contributed by atoms with Crippen LogP contribution in [0.2, 0.25) is 0 Å². The molecule has 0 aliphatic carbocycles. The zero-order valence-electron chi connectivity index (χ0n) is 10.8. The first kappa shape index (κ1) is 13.6. The molecular formula is C16H23N. The molecule has 92 valence electrons. The van der Waals surface area contributed by atoms with Gasteiger partial charge in [-0.3, -0.25) is 0 Å². The first-order valence-corrected chi connectivity index (χ1v) is 6.27. The summed E-state index contributed by atoms with van der Waals surface area (Å²) in [6.07, 6.45) is 5.52. The third kappa shape index (κ3) is 5.39. The molecule has 0 atom stereocenters. The van der Waals surface area contributed by atoms with Crippen molar-refractivity contribution in [1.29, 1.82) is 0 Å². The fraction of sp³-hybridized carbons (Fsp3) is 0.375. The van der Waals surface area contributed by atoms with Crippen molar-refractivity contribution < 1.29 is 0 Å². The van der Waals surface area contributed by atoms with Gasteiger partial charge in [-0.15, -0.1) is 0 Å². The van der Waals surface area contributed by atoms with Gasteiger partial charge >= 0.3 is 0 Å². The molecule has 0 saturated heterocycles. The van der Waals surface area contributed by atoms with Gasteiger partial charge in [-0.05, 0) is 43.7 Å². The lowest BCUT2D eigenvalue weighted by molar-refractivity contribution is 0.687. The van der Waals surface area contributed by atoms with E-state index in [1.165, 1.54) is 29.5 Å². The van der Waals surface area contributed by atoms with E-state index in [9.17, 15) is 0 Å². The average Bonchev–Trinajstić information content (AvgIpc) is 2.29. The molecule has 0 saturated carbocycles. The van der Waals surface area contributed by atoms with E-state index in [2.05, 4.69) is 44.3 Å². The summed E-state index contributed by atoms with van der Waals surface area (Å²) in [4.78, 5) is 0. The number of nitrogens with two attached hydrogens (primary N) is 1. The predicted molar refractivity (Wildman–Crippen MR) is 76.6 cm³/mol. The van der Waals surface area contributed by atoms with E-state index in [-0.39, 0.29) is 0 Å². The maximum absolute atomic E-state index is 5.53. The summed E-state index contributed by atoms with van der Waals surface area (Å²) in [5.74, 6) is 0. The maximum atomic E-state index is 5.53. The fourth-order valence-corrected chi connectivity index (χ4v) is 1.80. The van der Waals surface area contributed by atoms with E-state index in [1.54, 1.807) is 0 Å². The zero-order valence-corrected chi connectivity index (χ0v) is 10.8. The van der Waals surface area contributed by atoms with Crippen LogP contribution in [-0.2, 0) is 0 Å². The summed E-state index contributed by atoms with van der Waals surface area (Å²) < 4.78 is 0. The number of hydrogen-bond donors (Lipinski definition) is 1. The molecule has 0 spiro atoms. The van der Waals surface area contributed by atoms with Gasteiger partial charge in [0.2, 0.25) is 0 Å². The topological polar surface area (TPSA) is 26.0 Å². The van der Waals surface area contributed by atoms with Crippen LogP contribution in [0.15, 0.2) is 43.1 Å². The van der Waals surface area contributed by atoms with Gasteiger partial charge in [0.25, 0.3) is 0 Å². The van der Waals surface area contributed by atoms with Gasteiger partial charge in [0.05, 0.1) is 0 Å². The number of rotatable bonds is 7. The molecule has 1 aromatic carbocycles. The minimum Gasteiger partial charge on any atom is -0.403 e. The first-order chi connectivity index (χ1) is 8.09. The van der Waals surface area contributed by atoms with Crippen LogP contribution in [0.3, 0.4) is 0 Å². The molecule has 0 radical (unpaired) electrons. The van der Waals surface area contributed by atoms with Gasteiger partial charge in [0.1, 0.15) is 0 Å². The van der Waals surface area contributed by atoms with Crippen molar-refractivity contribution in [3.8, 4) is 0 Å². The van der Waals surface area contributed by atoms with Crippen LogP contribution in [0, 0.1) is 6.92 Å². The van der Waals surface area contributed by atoms with Crippen molar-refractivity contribution in [2.45, 2.75) is 39.0 Å². The van der Waals surface area contributed by atoms with Crippen molar-refractivity contribution in [3.05, 3.63) is 54.2 Å². The van der Waals surface area contributed by atoms with Crippen LogP contribution in [0.4, 0.5) is 0 Å². The monoisotopic (exact) mass is 229 g/mol. The highest BCUT2D eigenvalue weighted by atomic mass is 14.5. The Labute approximate surface area is 105 Å². The largest absolute Gasteiger partial charge is 0.403 e. The highest BCUT2D eigenvalue weighted by Gasteiger charge is 1.99. The number of hydrogen-bond acceptors (Lipinski definition) is 1. The summed E-state index contributed by atoms with van der Waals surface area (Å²) >= 11 is 0. The van der Waals surface area contributed by atoms with Gasteiger partial charge in [0.15, 0.2) is 0 Å². The van der Waals surface area contributed by atoms with Gasteiger partial charge in [-0.25, -0.2) is 0 Å². The lowest BCUT2D eigenvalue weighted by atomic mass is 10.00. The number of unbranched alkanes of at least 4 members (excludes halogenated alkanes) is 2. The molecule has 0 unspecified atom stereocenters. The van der Waals surface area contributed by atoms with Gasteiger partial charge in [-0.2, -0.15) is 0 Å². The molecule has 1 rings (SSSR count). The van der Waals surface area contributed by atoms with Crippen molar-refractivity contribution in [3.63, 3.8) is 0 Å². The van der Waals surface area contributed by atoms with Crippen LogP contribution in [0.25, 0.3) is 5.57 Å². The van der Waals surface area contributed by atoms with Gasteiger partial charge < -0.3 is 5.73 Å². The van der Waals surface area contributed by atoms with Crippen LogP contribution in [0.5, 0.6) is 0 Å². The highest BCUT2D eigenvalue weighted by Crippen LogP contribution is 2.20. The minimum atomic E-state index is 0.794. The quantitative estimate of drug-likeness (QED) is 0.688. The molecule has 1 aromatic rings. The normalized spacial score (nSPS) is 10.2. The Bertz CT molecular complexity index is 373. The SMILES string of the molecule is C=C(N)CCCCCC(=C)c1ccc(C)cc1. The van der Waals surface area contributed by atoms with E-state index in [1.807, 2.05) is 0 Å². The second-order valence-corrected chi connectivity index (χ2v) is 4.69. The van der Waals surface area contributed by atoms with Crippen LogP contribution >= 0.6 is 0 Å². The average molecular weight is 229 g/mol. The Morgan fingerprint density at radius 3 is 2.18 bits per heavy atom. The van der Waals surface area contributed by atoms with Crippen molar-refractivity contribution in [2.24, 2.45) is 5.73 Å². The van der Waals surface area contributed by atoms with Crippen LogP contribution < -0.4 is 5.73 Å². The smallest absolute Gasteiger partial charge is 0.000744 e. The third-order valence-electron chi connectivity index (χ3n) is 2.94. The van der Waals surface area contributed by atoms with E-state index in [0.717, 1.165) is 25.0 Å². The van der Waals surface area contributed by atoms with Crippen molar-refractivity contribution in [2.75, 3.05) is 0 Å². The lowest BCUT2D eigenvalue weighted by Crippen LogP contribution is -1.94. The summed E-state index contributed by atoms with van der Waals surface area (Å²) in [6.45, 7) is 9.95. The van der Waals surface area contributed by atoms with Gasteiger partial charge in [0, 0.05) is 5.70 Å². The Kier molecular flexibility index (Phi) is 5.55. The second-order valence-electron chi connectivity index (χ2n) is 4.69. The predicted octanol–water partition coefficient (Wildman–Crippen LogP) is 4.43. The van der Waals surface area contributed by atoms with Crippen LogP contribution in [-0.4, -0.2) is 0 Å². The summed E-state index contributed by atoms with van der Waals surface area (Å²) in [5, 5.41) is 0. The minimum absolute atomic E-state index is 0.794. The van der Waals surface area contributed by atoms with Crippen molar-refractivity contribution >= 4 is 5.57 Å². The summed E-state index contributed by atoms with van der Waals surface area (Å²) in [5.41, 5.74) is 10.1. The fourth-order valence-electron chi connectivity index (χ4n) is 1.80. The molecule has 0 heterocycles. The zero-order chi connectivity index (χ0) is 12.7. The molecule has 1 nitrogen and oxygen atoms in total. The van der Waals surface area contributed by atoms with E-state index in [0.29, 0.717) is 0 Å². The van der Waals surface area contributed by atoms with E-state index < -0.39 is 0 Å². The number of aryl methyl sites for hydroxylation is 1. The molecule has 0 aromatic heterocycles. The summed E-state index contributed by atoms with van der Waals surface area (Å²) in [7, 11) is 0. The molecule has 0 amide bonds. The van der Waals surface area contributed by atoms with E-state index >= 15 is 0 Å². The lowest BCUT2D eigenvalue weighted by Gasteiger charge is -2.06. The molecule has 2 N–H and O–H groups in total. The molecule has 1 heteroatoms. The number of allylic oxidation sites excluding steroid dienone is 2. The third-order valence-corrected chi connectivity index (χ3v) is 2.94. The Hall–Kier alpha value is -1.50. The Morgan fingerprint density at radius 2 is 1.59 bits per heavy atom. The standard InChI is InChI=1S/C16H23N/c1-13-9-11-16(12-10-13)14(2)7-5-4-6-8-15(3)17/h9-12H,2-8,17H2,1H3. The Morgan fingerprint density at radius 1 is 1.00 bits per heavy atom. The maximum Gasteiger partial charge on any atom is 0.000744 e. The first-order valence-electron chi connectivity index (χ1n) is 6.27. The molecule has 17 heavy (non-hydrogen) atoms.